The van der Waals surface area contributed by atoms with Crippen LogP contribution in [0.15, 0.2) is 58.9 Å². The van der Waals surface area contributed by atoms with Gasteiger partial charge in [0.15, 0.2) is 4.34 Å². The SMILES string of the molecule is Cc1cccc(NC(=O)CSc2nnc(NC(=O)c3ccccc3)s2)c1. The summed E-state index contributed by atoms with van der Waals surface area (Å²) in [5.74, 6) is -0.143. The van der Waals surface area contributed by atoms with Gasteiger partial charge in [0.25, 0.3) is 5.91 Å². The summed E-state index contributed by atoms with van der Waals surface area (Å²) in [4.78, 5) is 24.1. The average Bonchev–Trinajstić information content (AvgIpc) is 3.08. The standard InChI is InChI=1S/C18H16N4O2S2/c1-12-6-5-9-14(10-12)19-15(23)11-25-18-22-21-17(26-18)20-16(24)13-7-3-2-4-8-13/h2-10H,11H2,1H3,(H,19,23)(H,20,21,24). The number of rotatable bonds is 6. The molecule has 0 aliphatic heterocycles. The van der Waals surface area contributed by atoms with E-state index < -0.39 is 0 Å². The number of aryl methyl sites for hydroxylation is 1. The van der Waals surface area contributed by atoms with Crippen LogP contribution in [0.5, 0.6) is 0 Å². The first kappa shape index (κ1) is 18.1. The molecule has 26 heavy (non-hydrogen) atoms. The normalized spacial score (nSPS) is 10.3. The third-order valence-corrected chi connectivity index (χ3v) is 5.26. The Kier molecular flexibility index (Phi) is 5.98. The molecule has 1 heterocycles. The monoisotopic (exact) mass is 384 g/mol. The van der Waals surface area contributed by atoms with Gasteiger partial charge in [-0.25, -0.2) is 0 Å². The van der Waals surface area contributed by atoms with Crippen LogP contribution in [0.3, 0.4) is 0 Å². The fourth-order valence-corrected chi connectivity index (χ4v) is 3.67. The first-order chi connectivity index (χ1) is 12.6. The van der Waals surface area contributed by atoms with Gasteiger partial charge in [0.1, 0.15) is 0 Å². The number of thioether (sulfide) groups is 1. The molecule has 0 unspecified atom stereocenters. The minimum atomic E-state index is -0.240. The van der Waals surface area contributed by atoms with E-state index in [9.17, 15) is 9.59 Å². The third-order valence-electron chi connectivity index (χ3n) is 3.29. The molecule has 8 heteroatoms. The number of aromatic nitrogens is 2. The van der Waals surface area contributed by atoms with E-state index >= 15 is 0 Å². The number of hydrogen-bond acceptors (Lipinski definition) is 6. The Hall–Kier alpha value is -2.71. The zero-order valence-corrected chi connectivity index (χ0v) is 15.6. The molecule has 3 aromatic rings. The van der Waals surface area contributed by atoms with Gasteiger partial charge in [0, 0.05) is 11.3 Å². The summed E-state index contributed by atoms with van der Waals surface area (Å²) in [5.41, 5.74) is 2.40. The second-order valence-corrected chi connectivity index (χ2v) is 7.60. The molecule has 0 saturated heterocycles. The van der Waals surface area contributed by atoms with Gasteiger partial charge < -0.3 is 5.32 Å². The van der Waals surface area contributed by atoms with Crippen LogP contribution >= 0.6 is 23.1 Å². The van der Waals surface area contributed by atoms with Gasteiger partial charge in [0.2, 0.25) is 11.0 Å². The summed E-state index contributed by atoms with van der Waals surface area (Å²) in [6.07, 6.45) is 0. The van der Waals surface area contributed by atoms with Crippen LogP contribution < -0.4 is 10.6 Å². The lowest BCUT2D eigenvalue weighted by atomic mass is 10.2. The fraction of sp³-hybridized carbons (Fsp3) is 0.111. The number of nitrogens with zero attached hydrogens (tertiary/aromatic N) is 2. The minimum absolute atomic E-state index is 0.120. The van der Waals surface area contributed by atoms with Gasteiger partial charge in [0.05, 0.1) is 5.75 Å². The molecule has 0 aliphatic carbocycles. The van der Waals surface area contributed by atoms with E-state index in [4.69, 9.17) is 0 Å². The Labute approximate surface area is 159 Å². The quantitative estimate of drug-likeness (QED) is 0.498. The van der Waals surface area contributed by atoms with E-state index in [-0.39, 0.29) is 17.6 Å². The minimum Gasteiger partial charge on any atom is -0.325 e. The molecular weight excluding hydrogens is 368 g/mol. The topological polar surface area (TPSA) is 84.0 Å². The van der Waals surface area contributed by atoms with Gasteiger partial charge in [-0.3, -0.25) is 14.9 Å². The van der Waals surface area contributed by atoms with Crippen molar-refractivity contribution in [3.05, 3.63) is 65.7 Å². The predicted molar refractivity (Wildman–Crippen MR) is 105 cm³/mol. The molecule has 1 aromatic heterocycles. The number of anilines is 2. The molecule has 0 radical (unpaired) electrons. The Bertz CT molecular complexity index is 912. The molecule has 0 spiro atoms. The van der Waals surface area contributed by atoms with Crippen molar-refractivity contribution in [2.45, 2.75) is 11.3 Å². The number of carbonyl (C=O) groups is 2. The first-order valence-corrected chi connectivity index (χ1v) is 9.59. The highest BCUT2D eigenvalue weighted by Crippen LogP contribution is 2.26. The van der Waals surface area contributed by atoms with E-state index in [1.165, 1.54) is 23.1 Å². The van der Waals surface area contributed by atoms with Gasteiger partial charge in [-0.15, -0.1) is 10.2 Å². The second kappa shape index (κ2) is 8.59. The molecule has 0 aliphatic rings. The Balaban J connectivity index is 1.50. The lowest BCUT2D eigenvalue weighted by Crippen LogP contribution is -2.13. The lowest BCUT2D eigenvalue weighted by molar-refractivity contribution is -0.113. The van der Waals surface area contributed by atoms with E-state index in [0.29, 0.717) is 15.0 Å². The Morgan fingerprint density at radius 3 is 2.62 bits per heavy atom. The summed E-state index contributed by atoms with van der Waals surface area (Å²) < 4.78 is 0.618. The van der Waals surface area contributed by atoms with Crippen LogP contribution in [0.2, 0.25) is 0 Å². The van der Waals surface area contributed by atoms with Crippen molar-refractivity contribution in [1.82, 2.24) is 10.2 Å². The van der Waals surface area contributed by atoms with Crippen LogP contribution in [0.4, 0.5) is 10.8 Å². The molecule has 0 saturated carbocycles. The van der Waals surface area contributed by atoms with Gasteiger partial charge >= 0.3 is 0 Å². The number of nitrogens with one attached hydrogen (secondary N) is 2. The summed E-state index contributed by atoms with van der Waals surface area (Å²) in [6.45, 7) is 1.97. The first-order valence-electron chi connectivity index (χ1n) is 7.79. The maximum Gasteiger partial charge on any atom is 0.257 e. The molecular formula is C18H16N4O2S2. The van der Waals surface area contributed by atoms with Crippen LogP contribution in [-0.2, 0) is 4.79 Å². The Morgan fingerprint density at radius 1 is 1.04 bits per heavy atom. The lowest BCUT2D eigenvalue weighted by Gasteiger charge is -2.04. The van der Waals surface area contributed by atoms with Crippen molar-refractivity contribution in [3.63, 3.8) is 0 Å². The molecule has 3 rings (SSSR count). The van der Waals surface area contributed by atoms with E-state index in [2.05, 4.69) is 20.8 Å². The molecule has 2 aromatic carbocycles. The van der Waals surface area contributed by atoms with Gasteiger partial charge in [-0.2, -0.15) is 0 Å². The van der Waals surface area contributed by atoms with E-state index in [0.717, 1.165) is 11.3 Å². The zero-order chi connectivity index (χ0) is 18.4. The number of carbonyl (C=O) groups excluding carboxylic acids is 2. The summed E-state index contributed by atoms with van der Waals surface area (Å²) >= 11 is 2.51. The van der Waals surface area contributed by atoms with Crippen LogP contribution in [0.1, 0.15) is 15.9 Å². The van der Waals surface area contributed by atoms with Crippen molar-refractivity contribution in [2.75, 3.05) is 16.4 Å². The van der Waals surface area contributed by atoms with E-state index in [1.54, 1.807) is 24.3 Å². The second-order valence-electron chi connectivity index (χ2n) is 5.40. The van der Waals surface area contributed by atoms with Gasteiger partial charge in [-0.1, -0.05) is 53.4 Å². The molecule has 132 valence electrons. The maximum atomic E-state index is 12.1. The largest absolute Gasteiger partial charge is 0.325 e. The smallest absolute Gasteiger partial charge is 0.257 e. The number of benzene rings is 2. The van der Waals surface area contributed by atoms with Crippen molar-refractivity contribution in [1.29, 1.82) is 0 Å². The van der Waals surface area contributed by atoms with Gasteiger partial charge in [-0.05, 0) is 36.8 Å². The van der Waals surface area contributed by atoms with Crippen molar-refractivity contribution < 1.29 is 9.59 Å². The summed E-state index contributed by atoms with van der Waals surface area (Å²) in [5, 5.41) is 13.9. The molecule has 0 atom stereocenters. The van der Waals surface area contributed by atoms with Crippen molar-refractivity contribution in [3.8, 4) is 0 Å². The summed E-state index contributed by atoms with van der Waals surface area (Å²) in [7, 11) is 0. The molecule has 2 N–H and O–H groups in total. The third kappa shape index (κ3) is 5.14. The molecule has 0 bridgehead atoms. The highest BCUT2D eigenvalue weighted by Gasteiger charge is 2.11. The van der Waals surface area contributed by atoms with Crippen molar-refractivity contribution in [2.24, 2.45) is 0 Å². The molecule has 6 nitrogen and oxygen atoms in total. The summed E-state index contributed by atoms with van der Waals surface area (Å²) in [6, 6.07) is 16.5. The fourth-order valence-electron chi connectivity index (χ4n) is 2.12. The average molecular weight is 384 g/mol. The van der Waals surface area contributed by atoms with E-state index in [1.807, 2.05) is 37.3 Å². The van der Waals surface area contributed by atoms with Crippen LogP contribution in [0.25, 0.3) is 0 Å². The molecule has 2 amide bonds. The van der Waals surface area contributed by atoms with Crippen LogP contribution in [0, 0.1) is 6.92 Å². The zero-order valence-electron chi connectivity index (χ0n) is 13.9. The van der Waals surface area contributed by atoms with Crippen LogP contribution in [-0.4, -0.2) is 27.8 Å². The Morgan fingerprint density at radius 2 is 1.85 bits per heavy atom. The predicted octanol–water partition coefficient (Wildman–Crippen LogP) is 3.83. The van der Waals surface area contributed by atoms with Crippen molar-refractivity contribution >= 4 is 45.7 Å². The number of hydrogen-bond donors (Lipinski definition) is 2. The number of amides is 2. The molecule has 0 fully saturated rings. The highest BCUT2D eigenvalue weighted by atomic mass is 32.2. The highest BCUT2D eigenvalue weighted by molar-refractivity contribution is 8.01. The maximum absolute atomic E-state index is 12.1.